The van der Waals surface area contributed by atoms with Gasteiger partial charge in [0.2, 0.25) is 0 Å². The maximum absolute atomic E-state index is 11.2. The van der Waals surface area contributed by atoms with Gasteiger partial charge in [-0.3, -0.25) is 10.1 Å². The normalized spacial score (nSPS) is 12.4. The molecule has 1 heterocycles. The smallest absolute Gasteiger partial charge is 0.271 e. The summed E-state index contributed by atoms with van der Waals surface area (Å²) >= 11 is 0. The van der Waals surface area contributed by atoms with Crippen LogP contribution in [0, 0.1) is 10.1 Å². The van der Waals surface area contributed by atoms with Gasteiger partial charge in [0.05, 0.1) is 22.6 Å². The summed E-state index contributed by atoms with van der Waals surface area (Å²) in [5, 5.41) is 22.3. The van der Waals surface area contributed by atoms with Gasteiger partial charge in [0.15, 0.2) is 0 Å². The van der Waals surface area contributed by atoms with Crippen molar-refractivity contribution < 1.29 is 14.8 Å². The Morgan fingerprint density at radius 3 is 2.47 bits per heavy atom. The van der Waals surface area contributed by atoms with E-state index in [1.54, 1.807) is 6.07 Å². The fourth-order valence-corrected chi connectivity index (χ4v) is 3.54. The molecule has 8 heteroatoms. The Labute approximate surface area is 175 Å². The molecular formula is C22H28N4O4. The molecule has 2 aromatic carbocycles. The number of benzene rings is 2. The monoisotopic (exact) mass is 412 g/mol. The van der Waals surface area contributed by atoms with Crippen LogP contribution in [0.15, 0.2) is 42.5 Å². The zero-order valence-corrected chi connectivity index (χ0v) is 17.6. The van der Waals surface area contributed by atoms with Crippen LogP contribution >= 0.6 is 0 Å². The summed E-state index contributed by atoms with van der Waals surface area (Å²) in [5.74, 6) is 1.21. The van der Waals surface area contributed by atoms with Gasteiger partial charge in [-0.05, 0) is 43.8 Å². The lowest BCUT2D eigenvalue weighted by Crippen LogP contribution is -2.27. The van der Waals surface area contributed by atoms with E-state index in [0.717, 1.165) is 30.9 Å². The van der Waals surface area contributed by atoms with E-state index in [0.29, 0.717) is 30.1 Å². The number of likely N-dealkylation sites (N-methyl/N-ethyl adjacent to an activating group) is 1. The van der Waals surface area contributed by atoms with E-state index in [-0.39, 0.29) is 5.69 Å². The Bertz CT molecular complexity index is 996. The molecule has 1 N–H and O–H groups in total. The molecule has 30 heavy (non-hydrogen) atoms. The third kappa shape index (κ3) is 4.60. The quantitative estimate of drug-likeness (QED) is 0.402. The summed E-state index contributed by atoms with van der Waals surface area (Å²) in [7, 11) is 0. The maximum Gasteiger partial charge on any atom is 0.271 e. The van der Waals surface area contributed by atoms with Crippen molar-refractivity contribution in [3.63, 3.8) is 0 Å². The zero-order chi connectivity index (χ0) is 21.7. The van der Waals surface area contributed by atoms with E-state index in [4.69, 9.17) is 4.74 Å². The summed E-state index contributed by atoms with van der Waals surface area (Å²) in [4.78, 5) is 17.6. The largest absolute Gasteiger partial charge is 0.494 e. The number of ether oxygens (including phenoxy) is 1. The van der Waals surface area contributed by atoms with Crippen molar-refractivity contribution in [2.45, 2.75) is 33.4 Å². The van der Waals surface area contributed by atoms with E-state index >= 15 is 0 Å². The maximum atomic E-state index is 11.2. The van der Waals surface area contributed by atoms with Crippen LogP contribution < -0.4 is 4.74 Å². The first-order valence-electron chi connectivity index (χ1n) is 10.3. The predicted octanol–water partition coefficient (Wildman–Crippen LogP) is 3.77. The Morgan fingerprint density at radius 1 is 1.17 bits per heavy atom. The second-order valence-electron chi connectivity index (χ2n) is 6.98. The summed E-state index contributed by atoms with van der Waals surface area (Å²) in [5.41, 5.74) is 1.95. The minimum atomic E-state index is -0.955. The molecule has 1 aromatic heterocycles. The fraction of sp³-hybridized carbons (Fsp3) is 0.409. The SMILES string of the molecule is CCOc1ccc(C(O)c2nc3cc([N+](=O)[O-])ccc3n2CCN(CC)CC)cc1. The number of aliphatic hydroxyl groups is 1. The average molecular weight is 412 g/mol. The molecule has 0 saturated carbocycles. The molecule has 0 spiro atoms. The lowest BCUT2D eigenvalue weighted by atomic mass is 10.1. The van der Waals surface area contributed by atoms with E-state index in [2.05, 4.69) is 23.7 Å². The highest BCUT2D eigenvalue weighted by Gasteiger charge is 2.22. The fourth-order valence-electron chi connectivity index (χ4n) is 3.54. The molecule has 1 unspecified atom stereocenters. The molecule has 3 aromatic rings. The highest BCUT2D eigenvalue weighted by molar-refractivity contribution is 5.79. The molecule has 8 nitrogen and oxygen atoms in total. The van der Waals surface area contributed by atoms with Crippen molar-refractivity contribution in [2.24, 2.45) is 0 Å². The molecule has 0 fully saturated rings. The number of rotatable bonds is 10. The van der Waals surface area contributed by atoms with E-state index in [9.17, 15) is 15.2 Å². The summed E-state index contributed by atoms with van der Waals surface area (Å²) in [6, 6.07) is 11.9. The lowest BCUT2D eigenvalue weighted by molar-refractivity contribution is -0.384. The number of nitrogens with zero attached hydrogens (tertiary/aromatic N) is 4. The first-order chi connectivity index (χ1) is 14.5. The summed E-state index contributed by atoms with van der Waals surface area (Å²) < 4.78 is 7.43. The lowest BCUT2D eigenvalue weighted by Gasteiger charge is -2.20. The average Bonchev–Trinajstić information content (AvgIpc) is 3.12. The summed E-state index contributed by atoms with van der Waals surface area (Å²) in [6.45, 7) is 9.96. The number of imidazole rings is 1. The number of aliphatic hydroxyl groups excluding tert-OH is 1. The molecule has 0 amide bonds. The molecular weight excluding hydrogens is 384 g/mol. The molecule has 0 aliphatic heterocycles. The summed E-state index contributed by atoms with van der Waals surface area (Å²) in [6.07, 6.45) is -0.955. The second kappa shape index (κ2) is 9.69. The number of fused-ring (bicyclic) bond motifs is 1. The molecule has 0 saturated heterocycles. The van der Waals surface area contributed by atoms with Gasteiger partial charge in [0.25, 0.3) is 5.69 Å². The first kappa shape index (κ1) is 21.7. The van der Waals surface area contributed by atoms with Gasteiger partial charge in [-0.1, -0.05) is 26.0 Å². The zero-order valence-electron chi connectivity index (χ0n) is 17.6. The standard InChI is InChI=1S/C22H28N4O4/c1-4-24(5-2)13-14-25-20-12-9-17(26(28)29)15-19(20)23-22(25)21(27)16-7-10-18(11-8-16)30-6-3/h7-12,15,21,27H,4-6,13-14H2,1-3H3. The highest BCUT2D eigenvalue weighted by Crippen LogP contribution is 2.29. The molecule has 160 valence electrons. The van der Waals surface area contributed by atoms with Gasteiger partial charge < -0.3 is 19.3 Å². The van der Waals surface area contributed by atoms with Crippen molar-refractivity contribution >= 4 is 16.7 Å². The molecule has 0 aliphatic rings. The van der Waals surface area contributed by atoms with Crippen LogP contribution in [0.3, 0.4) is 0 Å². The molecule has 0 bridgehead atoms. The second-order valence-corrected chi connectivity index (χ2v) is 6.98. The number of nitro groups is 1. The molecule has 0 radical (unpaired) electrons. The van der Waals surface area contributed by atoms with Crippen molar-refractivity contribution in [1.29, 1.82) is 0 Å². The predicted molar refractivity (Wildman–Crippen MR) is 116 cm³/mol. The van der Waals surface area contributed by atoms with E-state index < -0.39 is 11.0 Å². The van der Waals surface area contributed by atoms with Crippen LogP contribution in [0.25, 0.3) is 11.0 Å². The van der Waals surface area contributed by atoms with Crippen LogP contribution in [0.4, 0.5) is 5.69 Å². The Balaban J connectivity index is 2.01. The van der Waals surface area contributed by atoms with Crippen molar-refractivity contribution in [1.82, 2.24) is 14.5 Å². The number of hydrogen-bond acceptors (Lipinski definition) is 6. The van der Waals surface area contributed by atoms with Crippen molar-refractivity contribution in [3.8, 4) is 5.75 Å². The van der Waals surface area contributed by atoms with Crippen LogP contribution in [-0.2, 0) is 6.54 Å². The van der Waals surface area contributed by atoms with Gasteiger partial charge in [0, 0.05) is 25.2 Å². The third-order valence-corrected chi connectivity index (χ3v) is 5.26. The number of hydrogen-bond donors (Lipinski definition) is 1. The van der Waals surface area contributed by atoms with Gasteiger partial charge >= 0.3 is 0 Å². The number of non-ortho nitro benzene ring substituents is 1. The van der Waals surface area contributed by atoms with Crippen molar-refractivity contribution in [3.05, 3.63) is 64.0 Å². The first-order valence-corrected chi connectivity index (χ1v) is 10.3. The minimum absolute atomic E-state index is 0.0157. The van der Waals surface area contributed by atoms with Crippen molar-refractivity contribution in [2.75, 3.05) is 26.2 Å². The van der Waals surface area contributed by atoms with Crippen LogP contribution in [0.1, 0.15) is 38.3 Å². The number of aromatic nitrogens is 2. The molecule has 1 atom stereocenters. The van der Waals surface area contributed by atoms with Gasteiger partial charge in [0.1, 0.15) is 17.7 Å². The number of nitro benzene ring substituents is 1. The van der Waals surface area contributed by atoms with Gasteiger partial charge in [-0.2, -0.15) is 0 Å². The van der Waals surface area contributed by atoms with Gasteiger partial charge in [-0.25, -0.2) is 4.98 Å². The molecule has 3 rings (SSSR count). The van der Waals surface area contributed by atoms with E-state index in [1.165, 1.54) is 12.1 Å². The molecule has 0 aliphatic carbocycles. The Kier molecular flexibility index (Phi) is 7.02. The highest BCUT2D eigenvalue weighted by atomic mass is 16.6. The van der Waals surface area contributed by atoms with Crippen LogP contribution in [0.2, 0.25) is 0 Å². The Morgan fingerprint density at radius 2 is 1.87 bits per heavy atom. The van der Waals surface area contributed by atoms with Crippen LogP contribution in [0.5, 0.6) is 5.75 Å². The van der Waals surface area contributed by atoms with Gasteiger partial charge in [-0.15, -0.1) is 0 Å². The third-order valence-electron chi connectivity index (χ3n) is 5.26. The Hall–Kier alpha value is -2.97. The van der Waals surface area contributed by atoms with Crippen LogP contribution in [-0.4, -0.2) is 50.7 Å². The minimum Gasteiger partial charge on any atom is -0.494 e. The topological polar surface area (TPSA) is 93.7 Å². The van der Waals surface area contributed by atoms with E-state index in [1.807, 2.05) is 35.8 Å².